The van der Waals surface area contributed by atoms with Crippen LogP contribution in [0.25, 0.3) is 0 Å². The first-order valence-corrected chi connectivity index (χ1v) is 11.7. The monoisotopic (exact) mass is 480 g/mol. The summed E-state index contributed by atoms with van der Waals surface area (Å²) in [5.74, 6) is 0. The van der Waals surface area contributed by atoms with E-state index in [2.05, 4.69) is 94.2 Å². The van der Waals surface area contributed by atoms with Crippen molar-refractivity contribution >= 4 is 31.9 Å². The van der Waals surface area contributed by atoms with Crippen molar-refractivity contribution < 1.29 is 0 Å². The van der Waals surface area contributed by atoms with E-state index in [1.165, 1.54) is 84.3 Å². The van der Waals surface area contributed by atoms with E-state index in [0.717, 1.165) is 0 Å². The zero-order chi connectivity index (χ0) is 19.0. The minimum absolute atomic E-state index is 1.17. The molecule has 2 aromatic carbocycles. The molecule has 0 nitrogen and oxygen atoms in total. The van der Waals surface area contributed by atoms with Crippen molar-refractivity contribution in [2.75, 3.05) is 0 Å². The summed E-state index contributed by atoms with van der Waals surface area (Å²) in [6.45, 7) is 4.50. The lowest BCUT2D eigenvalue weighted by Crippen LogP contribution is -1.84. The highest BCUT2D eigenvalue weighted by Crippen LogP contribution is 2.14. The Morgan fingerprint density at radius 2 is 0.846 bits per heavy atom. The molecule has 0 bridgehead atoms. The van der Waals surface area contributed by atoms with E-state index < -0.39 is 0 Å². The number of aryl methyl sites for hydroxylation is 2. The van der Waals surface area contributed by atoms with Gasteiger partial charge in [-0.3, -0.25) is 0 Å². The number of benzene rings is 2. The second-order valence-electron chi connectivity index (χ2n) is 6.87. The van der Waals surface area contributed by atoms with E-state index in [1.807, 2.05) is 0 Å². The van der Waals surface area contributed by atoms with Crippen LogP contribution >= 0.6 is 31.9 Å². The molecule has 26 heavy (non-hydrogen) atoms. The molecule has 0 unspecified atom stereocenters. The molecule has 144 valence electrons. The summed E-state index contributed by atoms with van der Waals surface area (Å²) in [5.41, 5.74) is 2.92. The Balaban J connectivity index is 0.000000260. The maximum atomic E-state index is 3.44. The molecule has 0 aliphatic rings. The largest absolute Gasteiger partial charge is 0.0654 e. The van der Waals surface area contributed by atoms with Gasteiger partial charge in [0.15, 0.2) is 0 Å². The smallest absolute Gasteiger partial charge is 0.0175 e. The van der Waals surface area contributed by atoms with Crippen LogP contribution < -0.4 is 0 Å². The van der Waals surface area contributed by atoms with Gasteiger partial charge in [0.2, 0.25) is 0 Å². The van der Waals surface area contributed by atoms with Crippen molar-refractivity contribution in [3.05, 3.63) is 68.6 Å². The van der Waals surface area contributed by atoms with E-state index in [1.54, 1.807) is 0 Å². The van der Waals surface area contributed by atoms with Gasteiger partial charge in [-0.1, -0.05) is 108 Å². The maximum Gasteiger partial charge on any atom is 0.0175 e. The lowest BCUT2D eigenvalue weighted by molar-refractivity contribution is 0.667. The van der Waals surface area contributed by atoms with Gasteiger partial charge < -0.3 is 0 Å². The highest BCUT2D eigenvalue weighted by atomic mass is 79.9. The van der Waals surface area contributed by atoms with Crippen LogP contribution in [0, 0.1) is 0 Å². The SMILES string of the molecule is CCCCCCc1ccc(Br)cc1.CCCCCCc1ccc(Br)cc1. The van der Waals surface area contributed by atoms with Crippen LogP contribution in [-0.2, 0) is 12.8 Å². The van der Waals surface area contributed by atoms with Crippen LogP contribution in [0.15, 0.2) is 57.5 Å². The summed E-state index contributed by atoms with van der Waals surface area (Å²) in [4.78, 5) is 0. The molecule has 0 radical (unpaired) electrons. The van der Waals surface area contributed by atoms with E-state index in [-0.39, 0.29) is 0 Å². The lowest BCUT2D eigenvalue weighted by Gasteiger charge is -2.00. The van der Waals surface area contributed by atoms with Gasteiger partial charge >= 0.3 is 0 Å². The van der Waals surface area contributed by atoms with E-state index in [0.29, 0.717) is 0 Å². The van der Waals surface area contributed by atoms with Crippen LogP contribution in [0.2, 0.25) is 0 Å². The molecule has 0 amide bonds. The maximum absolute atomic E-state index is 3.44. The molecule has 0 aromatic heterocycles. The summed E-state index contributed by atoms with van der Waals surface area (Å²) in [6, 6.07) is 17.3. The Morgan fingerprint density at radius 1 is 0.500 bits per heavy atom. The van der Waals surface area contributed by atoms with Gasteiger partial charge in [-0.2, -0.15) is 0 Å². The topological polar surface area (TPSA) is 0 Å². The van der Waals surface area contributed by atoms with E-state index in [4.69, 9.17) is 0 Å². The van der Waals surface area contributed by atoms with Crippen molar-refractivity contribution in [2.45, 2.75) is 78.1 Å². The predicted octanol–water partition coefficient (Wildman–Crippen LogP) is 9.14. The summed E-state index contributed by atoms with van der Waals surface area (Å²) in [5, 5.41) is 0. The molecule has 0 heterocycles. The normalized spacial score (nSPS) is 10.3. The van der Waals surface area contributed by atoms with Gasteiger partial charge in [0.25, 0.3) is 0 Å². The second-order valence-corrected chi connectivity index (χ2v) is 8.71. The first-order chi connectivity index (χ1) is 12.7. The van der Waals surface area contributed by atoms with Crippen molar-refractivity contribution in [3.8, 4) is 0 Å². The lowest BCUT2D eigenvalue weighted by atomic mass is 10.1. The number of rotatable bonds is 10. The zero-order valence-corrected chi connectivity index (χ0v) is 19.6. The highest BCUT2D eigenvalue weighted by molar-refractivity contribution is 9.10. The molecule has 0 atom stereocenters. The van der Waals surface area contributed by atoms with Crippen molar-refractivity contribution in [3.63, 3.8) is 0 Å². The second kappa shape index (κ2) is 15.5. The third-order valence-corrected chi connectivity index (χ3v) is 5.52. The van der Waals surface area contributed by atoms with Crippen LogP contribution in [-0.4, -0.2) is 0 Å². The predicted molar refractivity (Wildman–Crippen MR) is 124 cm³/mol. The fourth-order valence-corrected chi connectivity index (χ4v) is 3.34. The van der Waals surface area contributed by atoms with Crippen LogP contribution in [0.4, 0.5) is 0 Å². The molecule has 0 aliphatic carbocycles. The molecular formula is C24H34Br2. The molecule has 0 saturated carbocycles. The van der Waals surface area contributed by atoms with Crippen LogP contribution in [0.1, 0.15) is 76.3 Å². The zero-order valence-electron chi connectivity index (χ0n) is 16.4. The number of unbranched alkanes of at least 4 members (excludes halogenated alkanes) is 6. The molecule has 0 saturated heterocycles. The Kier molecular flexibility index (Phi) is 13.9. The van der Waals surface area contributed by atoms with Crippen molar-refractivity contribution in [2.24, 2.45) is 0 Å². The molecule has 0 aliphatic heterocycles. The molecule has 2 rings (SSSR count). The molecule has 2 aromatic rings. The van der Waals surface area contributed by atoms with Crippen molar-refractivity contribution in [1.29, 1.82) is 0 Å². The Labute approximate surface area is 178 Å². The first kappa shape index (κ1) is 23.4. The molecule has 0 N–H and O–H groups in total. The fraction of sp³-hybridized carbons (Fsp3) is 0.500. The molecule has 0 fully saturated rings. The summed E-state index contributed by atoms with van der Waals surface area (Å²) < 4.78 is 2.34. The molecular weight excluding hydrogens is 448 g/mol. The number of hydrogen-bond donors (Lipinski definition) is 0. The fourth-order valence-electron chi connectivity index (χ4n) is 2.81. The van der Waals surface area contributed by atoms with Crippen LogP contribution in [0.5, 0.6) is 0 Å². The minimum atomic E-state index is 1.17. The highest BCUT2D eigenvalue weighted by Gasteiger charge is 1.94. The summed E-state index contributed by atoms with van der Waals surface area (Å²) in [7, 11) is 0. The number of hydrogen-bond acceptors (Lipinski definition) is 0. The Morgan fingerprint density at radius 3 is 1.15 bits per heavy atom. The van der Waals surface area contributed by atoms with Gasteiger partial charge in [-0.05, 0) is 61.1 Å². The third kappa shape index (κ3) is 11.9. The Bertz CT molecular complexity index is 504. The van der Waals surface area contributed by atoms with Gasteiger partial charge in [0.05, 0.1) is 0 Å². The summed E-state index contributed by atoms with van der Waals surface area (Å²) >= 11 is 6.88. The van der Waals surface area contributed by atoms with Crippen LogP contribution in [0.3, 0.4) is 0 Å². The third-order valence-electron chi connectivity index (χ3n) is 4.46. The van der Waals surface area contributed by atoms with Crippen molar-refractivity contribution in [1.82, 2.24) is 0 Å². The average molecular weight is 482 g/mol. The quantitative estimate of drug-likeness (QED) is 0.296. The summed E-state index contributed by atoms with van der Waals surface area (Å²) in [6.07, 6.45) is 13.2. The average Bonchev–Trinajstić information content (AvgIpc) is 2.66. The van der Waals surface area contributed by atoms with E-state index >= 15 is 0 Å². The molecule has 0 spiro atoms. The van der Waals surface area contributed by atoms with Gasteiger partial charge in [-0.15, -0.1) is 0 Å². The molecule has 2 heteroatoms. The standard InChI is InChI=1S/2C12H17Br/c2*1-2-3-4-5-6-11-7-9-12(13)10-8-11/h2*7-10H,2-6H2,1H3. The number of halogens is 2. The first-order valence-electron chi connectivity index (χ1n) is 10.1. The Hall–Kier alpha value is -0.600. The minimum Gasteiger partial charge on any atom is -0.0654 e. The van der Waals surface area contributed by atoms with E-state index in [9.17, 15) is 0 Å². The van der Waals surface area contributed by atoms with Gasteiger partial charge in [0.1, 0.15) is 0 Å². The van der Waals surface area contributed by atoms with Gasteiger partial charge in [0, 0.05) is 8.95 Å². The van der Waals surface area contributed by atoms with Gasteiger partial charge in [-0.25, -0.2) is 0 Å².